The van der Waals surface area contributed by atoms with Crippen LogP contribution in [-0.4, -0.2) is 18.6 Å². The number of hydrogen-bond donors (Lipinski definition) is 1. The Bertz CT molecular complexity index is 1660. The van der Waals surface area contributed by atoms with Crippen LogP contribution in [0.2, 0.25) is 10.0 Å². The Labute approximate surface area is 243 Å². The minimum absolute atomic E-state index is 0.0721. The summed E-state index contributed by atoms with van der Waals surface area (Å²) >= 11 is 11.9. The summed E-state index contributed by atoms with van der Waals surface area (Å²) in [5.41, 5.74) is 2.54. The van der Waals surface area contributed by atoms with Crippen molar-refractivity contribution in [3.63, 3.8) is 0 Å². The monoisotopic (exact) mass is 593 g/mol. The number of rotatable bonds is 10. The molecule has 0 fully saturated rings. The van der Waals surface area contributed by atoms with Gasteiger partial charge in [-0.05, 0) is 66.6 Å². The van der Waals surface area contributed by atoms with Crippen molar-refractivity contribution in [1.29, 1.82) is 5.26 Å². The first kappa shape index (κ1) is 29.1. The van der Waals surface area contributed by atoms with E-state index in [1.54, 1.807) is 36.4 Å². The number of nitrogens with one attached hydrogen (secondary N) is 1. The average Bonchev–Trinajstić information content (AvgIpc) is 3.39. The number of aryl methyl sites for hydroxylation is 1. The second kappa shape index (κ2) is 13.0. The van der Waals surface area contributed by atoms with E-state index in [-0.39, 0.29) is 35.9 Å². The third-order valence-corrected chi connectivity index (χ3v) is 8.27. The minimum atomic E-state index is -3.92. The smallest absolute Gasteiger partial charge is 0.262 e. The molecule has 0 unspecified atom stereocenters. The molecular weight excluding hydrogens is 569 g/mol. The van der Waals surface area contributed by atoms with Gasteiger partial charge in [0.25, 0.3) is 5.91 Å². The molecule has 1 amide bonds. The highest BCUT2D eigenvalue weighted by Gasteiger charge is 2.26. The van der Waals surface area contributed by atoms with E-state index in [4.69, 9.17) is 27.6 Å². The van der Waals surface area contributed by atoms with Crippen molar-refractivity contribution < 1.29 is 17.6 Å². The molecule has 204 valence electrons. The van der Waals surface area contributed by atoms with Gasteiger partial charge in [0.15, 0.2) is 0 Å². The first-order valence-corrected chi connectivity index (χ1v) is 14.4. The zero-order chi connectivity index (χ0) is 28.7. The molecule has 1 heterocycles. The lowest BCUT2D eigenvalue weighted by molar-refractivity contribution is -0.117. The predicted octanol–water partition coefficient (Wildman–Crippen LogP) is 6.51. The van der Waals surface area contributed by atoms with Crippen LogP contribution in [-0.2, 0) is 34.5 Å². The topological polar surface area (TPSA) is 103 Å². The van der Waals surface area contributed by atoms with Crippen LogP contribution in [0.4, 0.5) is 0 Å². The SMILES string of the molecule is Cc1ccc(CN(Cc2ccc(/C=C(/C#N)C(=O)NCc3ccc(Cl)cc3)o2)S(=O)(=O)c2ccc(Cl)cc2)cc1. The molecule has 40 heavy (non-hydrogen) atoms. The fraction of sp³-hybridized carbons (Fsp3) is 0.133. The molecule has 0 aliphatic heterocycles. The second-order valence-electron chi connectivity index (χ2n) is 9.00. The van der Waals surface area contributed by atoms with Crippen LogP contribution in [0.3, 0.4) is 0 Å². The van der Waals surface area contributed by atoms with Gasteiger partial charge in [0.2, 0.25) is 10.0 Å². The van der Waals surface area contributed by atoms with E-state index in [0.717, 1.165) is 16.7 Å². The Morgan fingerprint density at radius 2 is 1.50 bits per heavy atom. The molecule has 0 radical (unpaired) electrons. The molecule has 0 saturated heterocycles. The Balaban J connectivity index is 1.53. The van der Waals surface area contributed by atoms with Gasteiger partial charge in [0.1, 0.15) is 23.2 Å². The zero-order valence-electron chi connectivity index (χ0n) is 21.5. The quantitative estimate of drug-likeness (QED) is 0.167. The number of carbonyl (C=O) groups is 1. The molecule has 4 rings (SSSR count). The van der Waals surface area contributed by atoms with E-state index in [1.807, 2.05) is 37.3 Å². The highest BCUT2D eigenvalue weighted by Crippen LogP contribution is 2.24. The van der Waals surface area contributed by atoms with Crippen LogP contribution in [0.5, 0.6) is 0 Å². The molecule has 0 atom stereocenters. The number of amides is 1. The molecule has 7 nitrogen and oxygen atoms in total. The van der Waals surface area contributed by atoms with Crippen LogP contribution in [0.15, 0.2) is 99.8 Å². The molecule has 0 aliphatic rings. The maximum Gasteiger partial charge on any atom is 0.262 e. The summed E-state index contributed by atoms with van der Waals surface area (Å²) in [5, 5.41) is 13.2. The zero-order valence-corrected chi connectivity index (χ0v) is 23.8. The third-order valence-electron chi connectivity index (χ3n) is 5.96. The lowest BCUT2D eigenvalue weighted by atomic mass is 10.1. The van der Waals surface area contributed by atoms with Gasteiger partial charge in [-0.15, -0.1) is 0 Å². The van der Waals surface area contributed by atoms with Crippen LogP contribution >= 0.6 is 23.2 Å². The van der Waals surface area contributed by atoms with Gasteiger partial charge in [-0.2, -0.15) is 9.57 Å². The largest absolute Gasteiger partial charge is 0.460 e. The summed E-state index contributed by atoms with van der Waals surface area (Å²) in [7, 11) is -3.92. The minimum Gasteiger partial charge on any atom is -0.460 e. The summed E-state index contributed by atoms with van der Waals surface area (Å²) in [6, 6.07) is 25.6. The molecule has 4 aromatic rings. The van der Waals surface area contributed by atoms with Gasteiger partial charge in [-0.25, -0.2) is 8.42 Å². The van der Waals surface area contributed by atoms with Crippen molar-refractivity contribution in [2.45, 2.75) is 31.5 Å². The summed E-state index contributed by atoms with van der Waals surface area (Å²) in [4.78, 5) is 12.7. The van der Waals surface area contributed by atoms with Crippen LogP contribution in [0.1, 0.15) is 28.2 Å². The Kier molecular flexibility index (Phi) is 9.46. The van der Waals surface area contributed by atoms with Gasteiger partial charge < -0.3 is 9.73 Å². The van der Waals surface area contributed by atoms with Crippen molar-refractivity contribution in [2.75, 3.05) is 0 Å². The molecule has 1 aromatic heterocycles. The number of carbonyl (C=O) groups excluding carboxylic acids is 1. The Hall–Kier alpha value is -3.87. The fourth-order valence-corrected chi connectivity index (χ4v) is 5.43. The number of furan rings is 1. The Morgan fingerprint density at radius 1 is 0.900 bits per heavy atom. The van der Waals surface area contributed by atoms with Crippen LogP contribution < -0.4 is 5.32 Å². The van der Waals surface area contributed by atoms with Crippen LogP contribution in [0.25, 0.3) is 6.08 Å². The number of halogens is 2. The van der Waals surface area contributed by atoms with Crippen molar-refractivity contribution in [2.24, 2.45) is 0 Å². The molecule has 1 N–H and O–H groups in total. The highest BCUT2D eigenvalue weighted by molar-refractivity contribution is 7.89. The standard InChI is InChI=1S/C30H25Cl2N3O4S/c1-21-2-4-23(5-3-21)19-35(40(37,38)29-14-10-26(32)11-15-29)20-28-13-12-27(39-28)16-24(17-33)30(36)34-18-22-6-8-25(31)9-7-22/h2-16H,18-20H2,1H3,(H,34,36)/b24-16-. The summed E-state index contributed by atoms with van der Waals surface area (Å²) in [6.45, 7) is 2.21. The average molecular weight is 595 g/mol. The van der Waals surface area contributed by atoms with E-state index in [9.17, 15) is 18.5 Å². The number of nitrogens with zero attached hydrogens (tertiary/aromatic N) is 2. The normalized spacial score (nSPS) is 11.8. The molecule has 10 heteroatoms. The molecular formula is C30H25Cl2N3O4S. The maximum absolute atomic E-state index is 13.6. The van der Waals surface area contributed by atoms with Gasteiger partial charge in [-0.3, -0.25) is 4.79 Å². The van der Waals surface area contributed by atoms with Crippen molar-refractivity contribution >= 4 is 45.2 Å². The van der Waals surface area contributed by atoms with E-state index in [2.05, 4.69) is 5.32 Å². The first-order valence-electron chi connectivity index (χ1n) is 12.2. The molecule has 0 saturated carbocycles. The molecule has 0 bridgehead atoms. The van der Waals surface area contributed by atoms with Gasteiger partial charge in [0.05, 0.1) is 11.4 Å². The summed E-state index contributed by atoms with van der Waals surface area (Å²) in [6.07, 6.45) is 1.32. The van der Waals surface area contributed by atoms with Gasteiger partial charge >= 0.3 is 0 Å². The van der Waals surface area contributed by atoms with Crippen molar-refractivity contribution in [3.05, 3.63) is 129 Å². The fourth-order valence-electron chi connectivity index (χ4n) is 3.78. The lowest BCUT2D eigenvalue weighted by Gasteiger charge is -2.21. The van der Waals surface area contributed by atoms with Crippen LogP contribution in [0, 0.1) is 18.3 Å². The summed E-state index contributed by atoms with van der Waals surface area (Å²) in [5.74, 6) is 0.0174. The number of benzene rings is 3. The predicted molar refractivity (Wildman–Crippen MR) is 155 cm³/mol. The molecule has 0 aliphatic carbocycles. The van der Waals surface area contributed by atoms with Crippen molar-refractivity contribution in [1.82, 2.24) is 9.62 Å². The second-order valence-corrected chi connectivity index (χ2v) is 11.8. The van der Waals surface area contributed by atoms with E-state index >= 15 is 0 Å². The molecule has 0 spiro atoms. The molecule has 3 aromatic carbocycles. The number of nitriles is 1. The highest BCUT2D eigenvalue weighted by atomic mass is 35.5. The van der Waals surface area contributed by atoms with E-state index < -0.39 is 15.9 Å². The number of sulfonamides is 1. The first-order chi connectivity index (χ1) is 19.1. The number of hydrogen-bond acceptors (Lipinski definition) is 5. The van der Waals surface area contributed by atoms with E-state index in [1.165, 1.54) is 34.6 Å². The van der Waals surface area contributed by atoms with Gasteiger partial charge in [0, 0.05) is 29.2 Å². The lowest BCUT2D eigenvalue weighted by Crippen LogP contribution is -2.30. The summed E-state index contributed by atoms with van der Waals surface area (Å²) < 4.78 is 34.3. The third kappa shape index (κ3) is 7.62. The van der Waals surface area contributed by atoms with E-state index in [0.29, 0.717) is 15.8 Å². The maximum atomic E-state index is 13.6. The van der Waals surface area contributed by atoms with Gasteiger partial charge in [-0.1, -0.05) is 65.2 Å². The van der Waals surface area contributed by atoms with Crippen molar-refractivity contribution in [3.8, 4) is 6.07 Å². The Morgan fingerprint density at radius 3 is 2.12 bits per heavy atom.